The molecular weight excluding hydrogens is 485 g/mol. The first kappa shape index (κ1) is 25.9. The van der Waals surface area contributed by atoms with Gasteiger partial charge in [0.1, 0.15) is 35.4 Å². The monoisotopic (exact) mass is 515 g/mol. The standard InChI is InChI=1S/C26H31ClFN5O3/c1-26(2,3)36-25(34)29-10-13-33-11-8-18(9-12-33)35-19-5-7-23-20(15-19)24(31-16-30-23)32-17-4-6-22(28)21(27)14-17/h4-7,14-16,18H,8-13H2,1-3H3,(H,29,34)(H,30,31,32). The van der Waals surface area contributed by atoms with E-state index in [1.165, 1.54) is 18.5 Å². The number of nitrogens with zero attached hydrogens (tertiary/aromatic N) is 3. The van der Waals surface area contributed by atoms with E-state index in [1.807, 2.05) is 39.0 Å². The summed E-state index contributed by atoms with van der Waals surface area (Å²) in [6.07, 6.45) is 2.94. The maximum atomic E-state index is 13.5. The first-order valence-electron chi connectivity index (χ1n) is 12.0. The van der Waals surface area contributed by atoms with Crippen LogP contribution in [0.15, 0.2) is 42.7 Å². The molecule has 1 aliphatic rings. The summed E-state index contributed by atoms with van der Waals surface area (Å²) in [5, 5.41) is 6.82. The van der Waals surface area contributed by atoms with Crippen molar-refractivity contribution in [1.82, 2.24) is 20.2 Å². The fourth-order valence-corrected chi connectivity index (χ4v) is 4.17. The smallest absolute Gasteiger partial charge is 0.407 e. The Balaban J connectivity index is 1.31. The van der Waals surface area contributed by atoms with Gasteiger partial charge in [-0.15, -0.1) is 0 Å². The average Bonchev–Trinajstić information content (AvgIpc) is 2.82. The number of piperidine rings is 1. The van der Waals surface area contributed by atoms with E-state index in [4.69, 9.17) is 21.1 Å². The minimum Gasteiger partial charge on any atom is -0.490 e. The molecule has 2 aromatic carbocycles. The van der Waals surface area contributed by atoms with Gasteiger partial charge in [0.25, 0.3) is 0 Å². The summed E-state index contributed by atoms with van der Waals surface area (Å²) >= 11 is 5.91. The van der Waals surface area contributed by atoms with Gasteiger partial charge in [-0.3, -0.25) is 0 Å². The number of aromatic nitrogens is 2. The SMILES string of the molecule is CC(C)(C)OC(=O)NCCN1CCC(Oc2ccc3ncnc(Nc4ccc(F)c(Cl)c4)c3c2)CC1. The van der Waals surface area contributed by atoms with E-state index < -0.39 is 17.5 Å². The van der Waals surface area contributed by atoms with Crippen LogP contribution in [0.3, 0.4) is 0 Å². The van der Waals surface area contributed by atoms with Crippen molar-refractivity contribution < 1.29 is 18.7 Å². The second-order valence-electron chi connectivity index (χ2n) is 9.74. The van der Waals surface area contributed by atoms with Crippen LogP contribution in [-0.4, -0.2) is 58.8 Å². The van der Waals surface area contributed by atoms with Gasteiger partial charge in [-0.05, 0) is 70.0 Å². The lowest BCUT2D eigenvalue weighted by Crippen LogP contribution is -2.43. The molecule has 0 aliphatic carbocycles. The third-order valence-electron chi connectivity index (χ3n) is 5.72. The van der Waals surface area contributed by atoms with Crippen LogP contribution in [-0.2, 0) is 4.74 Å². The van der Waals surface area contributed by atoms with Crippen molar-refractivity contribution in [3.05, 3.63) is 53.6 Å². The number of carbonyl (C=O) groups is 1. The van der Waals surface area contributed by atoms with E-state index in [0.717, 1.165) is 49.1 Å². The molecule has 3 aromatic rings. The third-order valence-corrected chi connectivity index (χ3v) is 6.01. The Kier molecular flexibility index (Phi) is 8.11. The zero-order valence-corrected chi connectivity index (χ0v) is 21.4. The highest BCUT2D eigenvalue weighted by atomic mass is 35.5. The van der Waals surface area contributed by atoms with Crippen molar-refractivity contribution >= 4 is 40.1 Å². The second kappa shape index (κ2) is 11.3. The Labute approximate surface area is 215 Å². The van der Waals surface area contributed by atoms with Crippen LogP contribution in [0.1, 0.15) is 33.6 Å². The average molecular weight is 516 g/mol. The van der Waals surface area contributed by atoms with Crippen LogP contribution in [0, 0.1) is 5.82 Å². The van der Waals surface area contributed by atoms with Gasteiger partial charge in [0.2, 0.25) is 0 Å². The van der Waals surface area contributed by atoms with Crippen LogP contribution in [0.2, 0.25) is 5.02 Å². The minimum atomic E-state index is -0.500. The normalized spacial score (nSPS) is 15.0. The van der Waals surface area contributed by atoms with Crippen molar-refractivity contribution in [3.8, 4) is 5.75 Å². The van der Waals surface area contributed by atoms with Gasteiger partial charge in [0, 0.05) is 37.3 Å². The van der Waals surface area contributed by atoms with Crippen molar-refractivity contribution in [2.75, 3.05) is 31.5 Å². The molecule has 10 heteroatoms. The molecule has 0 saturated carbocycles. The fourth-order valence-electron chi connectivity index (χ4n) is 3.99. The summed E-state index contributed by atoms with van der Waals surface area (Å²) in [6.45, 7) is 8.61. The van der Waals surface area contributed by atoms with Gasteiger partial charge in [-0.25, -0.2) is 19.2 Å². The molecular formula is C26H31ClFN5O3. The predicted octanol–water partition coefficient (Wildman–Crippen LogP) is 5.53. The number of benzene rings is 2. The molecule has 0 atom stereocenters. The van der Waals surface area contributed by atoms with Crippen molar-refractivity contribution in [3.63, 3.8) is 0 Å². The number of carbonyl (C=O) groups excluding carboxylic acids is 1. The van der Waals surface area contributed by atoms with E-state index in [0.29, 0.717) is 18.1 Å². The van der Waals surface area contributed by atoms with Crippen LogP contribution < -0.4 is 15.4 Å². The maximum Gasteiger partial charge on any atom is 0.407 e. The van der Waals surface area contributed by atoms with E-state index >= 15 is 0 Å². The molecule has 4 rings (SSSR count). The summed E-state index contributed by atoms with van der Waals surface area (Å²) in [5.41, 5.74) is 0.891. The Morgan fingerprint density at radius 2 is 1.94 bits per heavy atom. The molecule has 1 amide bonds. The Bertz CT molecular complexity index is 1210. The van der Waals surface area contributed by atoms with Crippen LogP contribution in [0.5, 0.6) is 5.75 Å². The summed E-state index contributed by atoms with van der Waals surface area (Å²) in [5.74, 6) is 0.846. The molecule has 2 N–H and O–H groups in total. The Morgan fingerprint density at radius 3 is 2.67 bits per heavy atom. The number of halogens is 2. The number of likely N-dealkylation sites (tertiary alicyclic amines) is 1. The number of anilines is 2. The van der Waals surface area contributed by atoms with Crippen molar-refractivity contribution in [1.29, 1.82) is 0 Å². The highest BCUT2D eigenvalue weighted by Gasteiger charge is 2.21. The van der Waals surface area contributed by atoms with Crippen molar-refractivity contribution in [2.45, 2.75) is 45.3 Å². The quantitative estimate of drug-likeness (QED) is 0.427. The van der Waals surface area contributed by atoms with E-state index in [2.05, 4.69) is 25.5 Å². The lowest BCUT2D eigenvalue weighted by molar-refractivity contribution is 0.0512. The molecule has 36 heavy (non-hydrogen) atoms. The summed E-state index contributed by atoms with van der Waals surface area (Å²) < 4.78 is 25.1. The van der Waals surface area contributed by atoms with Gasteiger partial charge in [0.05, 0.1) is 10.5 Å². The molecule has 1 saturated heterocycles. The summed E-state index contributed by atoms with van der Waals surface area (Å²) in [6, 6.07) is 10.1. The number of fused-ring (bicyclic) bond motifs is 1. The van der Waals surface area contributed by atoms with Crippen molar-refractivity contribution in [2.24, 2.45) is 0 Å². The van der Waals surface area contributed by atoms with Crippen LogP contribution in [0.25, 0.3) is 10.9 Å². The Morgan fingerprint density at radius 1 is 1.17 bits per heavy atom. The number of amides is 1. The molecule has 1 fully saturated rings. The number of hydrogen-bond donors (Lipinski definition) is 2. The number of nitrogens with one attached hydrogen (secondary N) is 2. The van der Waals surface area contributed by atoms with Crippen LogP contribution in [0.4, 0.5) is 20.7 Å². The zero-order valence-electron chi connectivity index (χ0n) is 20.7. The van der Waals surface area contributed by atoms with E-state index in [-0.39, 0.29) is 11.1 Å². The molecule has 0 radical (unpaired) electrons. The van der Waals surface area contributed by atoms with Gasteiger partial charge < -0.3 is 25.0 Å². The van der Waals surface area contributed by atoms with Gasteiger partial charge in [0.15, 0.2) is 0 Å². The number of alkyl carbamates (subject to hydrolysis) is 1. The summed E-state index contributed by atoms with van der Waals surface area (Å²) in [7, 11) is 0. The molecule has 0 spiro atoms. The molecule has 1 aliphatic heterocycles. The fraction of sp³-hybridized carbons (Fsp3) is 0.423. The minimum absolute atomic E-state index is 0.0364. The molecule has 1 aromatic heterocycles. The lowest BCUT2D eigenvalue weighted by Gasteiger charge is -2.32. The number of hydrogen-bond acceptors (Lipinski definition) is 7. The third kappa shape index (κ3) is 7.18. The molecule has 2 heterocycles. The molecule has 192 valence electrons. The first-order valence-corrected chi connectivity index (χ1v) is 12.4. The second-order valence-corrected chi connectivity index (χ2v) is 10.1. The van der Waals surface area contributed by atoms with E-state index in [9.17, 15) is 9.18 Å². The van der Waals surface area contributed by atoms with Gasteiger partial charge >= 0.3 is 6.09 Å². The molecule has 0 bridgehead atoms. The summed E-state index contributed by atoms with van der Waals surface area (Å²) in [4.78, 5) is 22.8. The number of ether oxygens (including phenoxy) is 2. The lowest BCUT2D eigenvalue weighted by atomic mass is 10.1. The maximum absolute atomic E-state index is 13.5. The van der Waals surface area contributed by atoms with Crippen LogP contribution >= 0.6 is 11.6 Å². The topological polar surface area (TPSA) is 88.6 Å². The molecule has 0 unspecified atom stereocenters. The largest absolute Gasteiger partial charge is 0.490 e. The zero-order chi connectivity index (χ0) is 25.7. The highest BCUT2D eigenvalue weighted by molar-refractivity contribution is 6.31. The molecule has 8 nitrogen and oxygen atoms in total. The predicted molar refractivity (Wildman–Crippen MR) is 139 cm³/mol. The first-order chi connectivity index (χ1) is 17.2. The van der Waals surface area contributed by atoms with Gasteiger partial charge in [-0.2, -0.15) is 0 Å². The van der Waals surface area contributed by atoms with Gasteiger partial charge in [-0.1, -0.05) is 11.6 Å². The number of rotatable bonds is 7. The van der Waals surface area contributed by atoms with E-state index in [1.54, 1.807) is 6.07 Å². The highest BCUT2D eigenvalue weighted by Crippen LogP contribution is 2.29. The Hall–Kier alpha value is -3.17.